The molecule has 4 nitrogen and oxygen atoms in total. The van der Waals surface area contributed by atoms with Crippen LogP contribution in [0.15, 0.2) is 10.7 Å². The van der Waals surface area contributed by atoms with E-state index in [1.807, 2.05) is 6.20 Å². The van der Waals surface area contributed by atoms with Crippen LogP contribution in [0.1, 0.15) is 48.6 Å². The van der Waals surface area contributed by atoms with Gasteiger partial charge in [-0.1, -0.05) is 6.42 Å². The first-order chi connectivity index (χ1) is 10.3. The van der Waals surface area contributed by atoms with Gasteiger partial charge in [0, 0.05) is 37.2 Å². The topological polar surface area (TPSA) is 42.2 Å². The molecule has 2 aromatic heterocycles. The SMILES string of the molecule is Brc1c(C2CC3CCC2C3)nn2c3c(cnc12)CNCC3. The maximum Gasteiger partial charge on any atom is 0.169 e. The number of nitrogens with one attached hydrogen (secondary N) is 1. The van der Waals surface area contributed by atoms with E-state index < -0.39 is 0 Å². The minimum atomic E-state index is 0.650. The lowest BCUT2D eigenvalue weighted by Gasteiger charge is -2.19. The second-order valence-corrected chi connectivity index (χ2v) is 7.67. The summed E-state index contributed by atoms with van der Waals surface area (Å²) in [5.41, 5.74) is 4.91. The van der Waals surface area contributed by atoms with Crippen molar-refractivity contribution >= 4 is 21.6 Å². The molecular weight excluding hydrogens is 328 g/mol. The molecule has 2 bridgehead atoms. The molecule has 3 heterocycles. The fourth-order valence-corrected chi connectivity index (χ4v) is 5.36. The van der Waals surface area contributed by atoms with Crippen molar-refractivity contribution in [1.29, 1.82) is 0 Å². The zero-order valence-electron chi connectivity index (χ0n) is 12.0. The van der Waals surface area contributed by atoms with Gasteiger partial charge < -0.3 is 5.32 Å². The molecule has 0 radical (unpaired) electrons. The summed E-state index contributed by atoms with van der Waals surface area (Å²) in [5.74, 6) is 2.45. The monoisotopic (exact) mass is 346 g/mol. The van der Waals surface area contributed by atoms with E-state index in [9.17, 15) is 0 Å². The Bertz CT molecular complexity index is 723. The van der Waals surface area contributed by atoms with E-state index in [4.69, 9.17) is 5.10 Å². The van der Waals surface area contributed by atoms with Gasteiger partial charge in [-0.3, -0.25) is 0 Å². The van der Waals surface area contributed by atoms with Crippen LogP contribution in [0.2, 0.25) is 0 Å². The summed E-state index contributed by atoms with van der Waals surface area (Å²) in [5, 5.41) is 8.42. The lowest BCUT2D eigenvalue weighted by atomic mass is 9.86. The molecular formula is C16H19BrN4. The highest BCUT2D eigenvalue weighted by Gasteiger charge is 2.42. The minimum absolute atomic E-state index is 0.650. The average Bonchev–Trinajstić information content (AvgIpc) is 3.21. The van der Waals surface area contributed by atoms with Gasteiger partial charge in [-0.25, -0.2) is 9.50 Å². The summed E-state index contributed by atoms with van der Waals surface area (Å²) in [6.07, 6.45) is 8.64. The van der Waals surface area contributed by atoms with E-state index in [-0.39, 0.29) is 0 Å². The van der Waals surface area contributed by atoms with Crippen molar-refractivity contribution in [2.24, 2.45) is 11.8 Å². The van der Waals surface area contributed by atoms with Gasteiger partial charge in [-0.05, 0) is 47.0 Å². The quantitative estimate of drug-likeness (QED) is 0.862. The van der Waals surface area contributed by atoms with E-state index in [2.05, 4.69) is 30.7 Å². The number of halogens is 1. The van der Waals surface area contributed by atoms with Crippen LogP contribution in [0.25, 0.3) is 5.65 Å². The molecule has 5 rings (SSSR count). The molecule has 0 spiro atoms. The number of aromatic nitrogens is 3. The Labute approximate surface area is 132 Å². The summed E-state index contributed by atoms with van der Waals surface area (Å²) in [6, 6.07) is 0. The first-order valence-electron chi connectivity index (χ1n) is 8.07. The zero-order valence-corrected chi connectivity index (χ0v) is 13.6. The maximum absolute atomic E-state index is 5.01. The predicted octanol–water partition coefficient (Wildman–Crippen LogP) is 3.04. The fraction of sp³-hybridized carbons (Fsp3) is 0.625. The Hall–Kier alpha value is -0.940. The van der Waals surface area contributed by atoms with Crippen LogP contribution in [-0.2, 0) is 13.0 Å². The average molecular weight is 347 g/mol. The van der Waals surface area contributed by atoms with E-state index >= 15 is 0 Å². The second kappa shape index (κ2) is 4.53. The van der Waals surface area contributed by atoms with Gasteiger partial charge in [-0.15, -0.1) is 0 Å². The Morgan fingerprint density at radius 3 is 3.05 bits per heavy atom. The molecule has 2 fully saturated rings. The van der Waals surface area contributed by atoms with E-state index in [1.165, 1.54) is 42.6 Å². The molecule has 1 aliphatic heterocycles. The number of hydrogen-bond acceptors (Lipinski definition) is 3. The van der Waals surface area contributed by atoms with E-state index in [1.54, 1.807) is 0 Å². The molecule has 0 saturated heterocycles. The lowest BCUT2D eigenvalue weighted by Crippen LogP contribution is -2.26. The molecule has 0 amide bonds. The molecule has 5 heteroatoms. The first kappa shape index (κ1) is 12.6. The number of fused-ring (bicyclic) bond motifs is 5. The normalized spacial score (nSPS) is 31.0. The molecule has 110 valence electrons. The van der Waals surface area contributed by atoms with E-state index in [0.717, 1.165) is 41.5 Å². The molecule has 2 aromatic rings. The van der Waals surface area contributed by atoms with Crippen LogP contribution in [0.4, 0.5) is 0 Å². The standard InChI is InChI=1S/C16H19BrN4/c17-14-15(12-6-9-1-2-10(12)5-9)20-21-13-3-4-18-7-11(13)8-19-16(14)21/h8-10,12,18H,1-7H2. The molecule has 3 aliphatic rings. The van der Waals surface area contributed by atoms with Crippen LogP contribution >= 0.6 is 15.9 Å². The van der Waals surface area contributed by atoms with Gasteiger partial charge in [0.15, 0.2) is 5.65 Å². The number of rotatable bonds is 1. The van der Waals surface area contributed by atoms with Gasteiger partial charge in [0.2, 0.25) is 0 Å². The van der Waals surface area contributed by atoms with Gasteiger partial charge in [-0.2, -0.15) is 5.10 Å². The smallest absolute Gasteiger partial charge is 0.169 e. The molecule has 21 heavy (non-hydrogen) atoms. The predicted molar refractivity (Wildman–Crippen MR) is 84.3 cm³/mol. The van der Waals surface area contributed by atoms with Crippen LogP contribution in [-0.4, -0.2) is 21.1 Å². The number of hydrogen-bond donors (Lipinski definition) is 1. The van der Waals surface area contributed by atoms with Crippen LogP contribution in [0, 0.1) is 11.8 Å². The van der Waals surface area contributed by atoms with Crippen molar-refractivity contribution < 1.29 is 0 Å². The van der Waals surface area contributed by atoms with Crippen molar-refractivity contribution in [3.05, 3.63) is 27.6 Å². The summed E-state index contributed by atoms with van der Waals surface area (Å²) in [7, 11) is 0. The van der Waals surface area contributed by atoms with Gasteiger partial charge in [0.25, 0.3) is 0 Å². The minimum Gasteiger partial charge on any atom is -0.312 e. The Morgan fingerprint density at radius 2 is 2.24 bits per heavy atom. The third kappa shape index (κ3) is 1.77. The third-order valence-corrected chi connectivity index (χ3v) is 6.50. The summed E-state index contributed by atoms with van der Waals surface area (Å²) < 4.78 is 3.25. The largest absolute Gasteiger partial charge is 0.312 e. The summed E-state index contributed by atoms with van der Waals surface area (Å²) >= 11 is 3.80. The Balaban J connectivity index is 1.66. The van der Waals surface area contributed by atoms with E-state index in [0.29, 0.717) is 5.92 Å². The van der Waals surface area contributed by atoms with Crippen molar-refractivity contribution in [1.82, 2.24) is 19.9 Å². The van der Waals surface area contributed by atoms with Crippen LogP contribution in [0.3, 0.4) is 0 Å². The highest BCUT2D eigenvalue weighted by atomic mass is 79.9. The lowest BCUT2D eigenvalue weighted by molar-refractivity contribution is 0.410. The maximum atomic E-state index is 5.01. The molecule has 0 aromatic carbocycles. The molecule has 3 atom stereocenters. The summed E-state index contributed by atoms with van der Waals surface area (Å²) in [4.78, 5) is 4.66. The Morgan fingerprint density at radius 1 is 1.29 bits per heavy atom. The van der Waals surface area contributed by atoms with Crippen LogP contribution in [0.5, 0.6) is 0 Å². The summed E-state index contributed by atoms with van der Waals surface area (Å²) in [6.45, 7) is 1.95. The Kier molecular flexibility index (Phi) is 2.71. The van der Waals surface area contributed by atoms with Crippen molar-refractivity contribution in [2.45, 2.75) is 44.6 Å². The van der Waals surface area contributed by atoms with Crippen molar-refractivity contribution in [3.8, 4) is 0 Å². The highest BCUT2D eigenvalue weighted by Crippen LogP contribution is 2.53. The van der Waals surface area contributed by atoms with Gasteiger partial charge >= 0.3 is 0 Å². The number of nitrogens with zero attached hydrogens (tertiary/aromatic N) is 3. The zero-order chi connectivity index (χ0) is 14.0. The van der Waals surface area contributed by atoms with Gasteiger partial charge in [0.05, 0.1) is 15.9 Å². The van der Waals surface area contributed by atoms with Crippen LogP contribution < -0.4 is 5.32 Å². The molecule has 3 unspecified atom stereocenters. The first-order valence-corrected chi connectivity index (χ1v) is 8.86. The van der Waals surface area contributed by atoms with Gasteiger partial charge in [0.1, 0.15) is 0 Å². The molecule has 1 N–H and O–H groups in total. The molecule has 2 saturated carbocycles. The van der Waals surface area contributed by atoms with Crippen molar-refractivity contribution in [3.63, 3.8) is 0 Å². The second-order valence-electron chi connectivity index (χ2n) is 6.87. The third-order valence-electron chi connectivity index (χ3n) is 5.74. The van der Waals surface area contributed by atoms with Crippen molar-refractivity contribution in [2.75, 3.05) is 6.54 Å². The molecule has 2 aliphatic carbocycles. The fourth-order valence-electron chi connectivity index (χ4n) is 4.72. The highest BCUT2D eigenvalue weighted by molar-refractivity contribution is 9.10.